The van der Waals surface area contributed by atoms with Gasteiger partial charge in [-0.2, -0.15) is 0 Å². The van der Waals surface area contributed by atoms with Crippen LogP contribution in [0.3, 0.4) is 0 Å². The van der Waals surface area contributed by atoms with E-state index in [-0.39, 0.29) is 5.92 Å². The molecule has 0 radical (unpaired) electrons. The van der Waals surface area contributed by atoms with Gasteiger partial charge in [0.05, 0.1) is 5.92 Å². The molecule has 1 N–H and O–H groups in total. The molecule has 4 nitrogen and oxygen atoms in total. The number of hydrogen-bond acceptors (Lipinski definition) is 3. The third-order valence-corrected chi connectivity index (χ3v) is 2.75. The highest BCUT2D eigenvalue weighted by molar-refractivity contribution is 5.80. The predicted molar refractivity (Wildman–Crippen MR) is 61.8 cm³/mol. The zero-order chi connectivity index (χ0) is 11.3. The van der Waals surface area contributed by atoms with Crippen molar-refractivity contribution in [2.75, 3.05) is 46.8 Å². The largest absolute Gasteiger partial charge is 0.341 e. The number of nitrogens with one attached hydrogen (secondary N) is 1. The number of hydrogen-bond donors (Lipinski definition) is 1. The second-order valence-electron chi connectivity index (χ2n) is 4.48. The number of rotatable bonds is 6. The van der Waals surface area contributed by atoms with Crippen molar-refractivity contribution in [3.8, 4) is 0 Å². The average molecular weight is 213 g/mol. The molecule has 0 aromatic heterocycles. The Morgan fingerprint density at radius 3 is 2.33 bits per heavy atom. The van der Waals surface area contributed by atoms with Crippen molar-refractivity contribution >= 4 is 5.91 Å². The van der Waals surface area contributed by atoms with Crippen LogP contribution in [-0.2, 0) is 4.79 Å². The smallest absolute Gasteiger partial charge is 0.228 e. The highest BCUT2D eigenvalue weighted by Crippen LogP contribution is 2.08. The number of nitrogens with zero attached hydrogens (tertiary/aromatic N) is 2. The minimum absolute atomic E-state index is 0.235. The highest BCUT2D eigenvalue weighted by Gasteiger charge is 2.28. The van der Waals surface area contributed by atoms with E-state index in [2.05, 4.69) is 17.1 Å². The number of carbonyl (C=O) groups is 1. The fraction of sp³-hybridized carbons (Fsp3) is 0.909. The van der Waals surface area contributed by atoms with Gasteiger partial charge >= 0.3 is 0 Å². The van der Waals surface area contributed by atoms with Gasteiger partial charge in [-0.15, -0.1) is 0 Å². The fourth-order valence-corrected chi connectivity index (χ4v) is 1.64. The van der Waals surface area contributed by atoms with E-state index in [9.17, 15) is 4.79 Å². The molecule has 0 saturated carbocycles. The van der Waals surface area contributed by atoms with E-state index < -0.39 is 0 Å². The minimum atomic E-state index is 0.235. The molecule has 1 rings (SSSR count). The maximum Gasteiger partial charge on any atom is 0.228 e. The van der Waals surface area contributed by atoms with Crippen LogP contribution in [0.25, 0.3) is 0 Å². The Bertz CT molecular complexity index is 202. The summed E-state index contributed by atoms with van der Waals surface area (Å²) in [6.45, 7) is 6.54. The lowest BCUT2D eigenvalue weighted by Crippen LogP contribution is -2.53. The third kappa shape index (κ3) is 3.80. The lowest BCUT2D eigenvalue weighted by atomic mass is 10.0. The van der Waals surface area contributed by atoms with Gasteiger partial charge in [0.15, 0.2) is 0 Å². The van der Waals surface area contributed by atoms with E-state index in [1.807, 2.05) is 19.0 Å². The monoisotopic (exact) mass is 213 g/mol. The molecule has 0 aromatic rings. The molecule has 1 amide bonds. The van der Waals surface area contributed by atoms with Crippen LogP contribution in [0.2, 0.25) is 0 Å². The quantitative estimate of drug-likeness (QED) is 0.675. The van der Waals surface area contributed by atoms with Gasteiger partial charge in [0, 0.05) is 32.7 Å². The van der Waals surface area contributed by atoms with E-state index >= 15 is 0 Å². The molecule has 88 valence electrons. The summed E-state index contributed by atoms with van der Waals surface area (Å²) in [5, 5.41) is 3.15. The summed E-state index contributed by atoms with van der Waals surface area (Å²) in [6.07, 6.45) is 1.04. The molecular weight excluding hydrogens is 190 g/mol. The summed E-state index contributed by atoms with van der Waals surface area (Å²) in [6, 6.07) is 0. The zero-order valence-electron chi connectivity index (χ0n) is 10.1. The Hall–Kier alpha value is -0.610. The highest BCUT2D eigenvalue weighted by atomic mass is 16.2. The van der Waals surface area contributed by atoms with Gasteiger partial charge < -0.3 is 15.1 Å². The normalized spacial score (nSPS) is 16.5. The molecule has 1 aliphatic heterocycles. The molecule has 1 fully saturated rings. The van der Waals surface area contributed by atoms with Crippen LogP contribution in [0.4, 0.5) is 0 Å². The van der Waals surface area contributed by atoms with Gasteiger partial charge in [0.25, 0.3) is 0 Å². The summed E-state index contributed by atoms with van der Waals surface area (Å²) >= 11 is 0. The molecule has 1 aliphatic rings. The van der Waals surface area contributed by atoms with Crippen molar-refractivity contribution in [2.45, 2.75) is 13.3 Å². The van der Waals surface area contributed by atoms with Crippen molar-refractivity contribution < 1.29 is 4.79 Å². The topological polar surface area (TPSA) is 35.6 Å². The Kier molecular flexibility index (Phi) is 5.05. The second kappa shape index (κ2) is 6.08. The number of carbonyl (C=O) groups excluding carboxylic acids is 1. The van der Waals surface area contributed by atoms with Crippen LogP contribution >= 0.6 is 0 Å². The van der Waals surface area contributed by atoms with Crippen LogP contribution in [0.1, 0.15) is 13.3 Å². The standard InChI is InChI=1S/C11H23N3O/c1-4-5-14(7-6-13(2)3)11(15)10-8-12-9-10/h10,12H,4-9H2,1-3H3. The van der Waals surface area contributed by atoms with Crippen LogP contribution in [0.15, 0.2) is 0 Å². The molecule has 0 bridgehead atoms. The van der Waals surface area contributed by atoms with Crippen molar-refractivity contribution in [3.63, 3.8) is 0 Å². The van der Waals surface area contributed by atoms with E-state index in [0.29, 0.717) is 5.91 Å². The first kappa shape index (κ1) is 12.5. The van der Waals surface area contributed by atoms with E-state index in [0.717, 1.165) is 39.1 Å². The molecule has 1 heterocycles. The summed E-state index contributed by atoms with van der Waals surface area (Å²) in [7, 11) is 4.08. The molecule has 1 saturated heterocycles. The Balaban J connectivity index is 2.37. The summed E-state index contributed by atoms with van der Waals surface area (Å²) in [5.74, 6) is 0.566. The average Bonchev–Trinajstić information content (AvgIpc) is 2.08. The summed E-state index contributed by atoms with van der Waals surface area (Å²) in [5.41, 5.74) is 0. The first-order valence-electron chi connectivity index (χ1n) is 5.79. The Morgan fingerprint density at radius 1 is 1.27 bits per heavy atom. The first-order chi connectivity index (χ1) is 7.15. The van der Waals surface area contributed by atoms with Crippen LogP contribution in [-0.4, -0.2) is 62.5 Å². The van der Waals surface area contributed by atoms with Crippen molar-refractivity contribution in [2.24, 2.45) is 5.92 Å². The Morgan fingerprint density at radius 2 is 1.93 bits per heavy atom. The van der Waals surface area contributed by atoms with Gasteiger partial charge in [0.2, 0.25) is 5.91 Å². The van der Waals surface area contributed by atoms with Crippen molar-refractivity contribution in [3.05, 3.63) is 0 Å². The lowest BCUT2D eigenvalue weighted by molar-refractivity contribution is -0.137. The Labute approximate surface area is 92.6 Å². The van der Waals surface area contributed by atoms with E-state index in [4.69, 9.17) is 0 Å². The summed E-state index contributed by atoms with van der Waals surface area (Å²) in [4.78, 5) is 16.1. The van der Waals surface area contributed by atoms with Gasteiger partial charge in [0.1, 0.15) is 0 Å². The molecule has 0 aliphatic carbocycles. The maximum absolute atomic E-state index is 12.0. The molecule has 15 heavy (non-hydrogen) atoms. The number of likely N-dealkylation sites (N-methyl/N-ethyl adjacent to an activating group) is 1. The minimum Gasteiger partial charge on any atom is -0.341 e. The summed E-state index contributed by atoms with van der Waals surface area (Å²) < 4.78 is 0. The molecular formula is C11H23N3O. The van der Waals surface area contributed by atoms with Crippen LogP contribution in [0.5, 0.6) is 0 Å². The SMILES string of the molecule is CCCN(CCN(C)C)C(=O)C1CNC1. The van der Waals surface area contributed by atoms with Crippen molar-refractivity contribution in [1.82, 2.24) is 15.1 Å². The molecule has 0 spiro atoms. The second-order valence-corrected chi connectivity index (χ2v) is 4.48. The third-order valence-electron chi connectivity index (χ3n) is 2.75. The molecule has 0 unspecified atom stereocenters. The zero-order valence-corrected chi connectivity index (χ0v) is 10.1. The molecule has 0 atom stereocenters. The lowest BCUT2D eigenvalue weighted by Gasteiger charge is -2.33. The van der Waals surface area contributed by atoms with E-state index in [1.165, 1.54) is 0 Å². The predicted octanol–water partition coefficient (Wildman–Crippen LogP) is 0.00600. The number of amides is 1. The first-order valence-corrected chi connectivity index (χ1v) is 5.79. The molecule has 4 heteroatoms. The molecule has 0 aromatic carbocycles. The van der Waals surface area contributed by atoms with E-state index in [1.54, 1.807) is 0 Å². The fourth-order valence-electron chi connectivity index (χ4n) is 1.64. The van der Waals surface area contributed by atoms with Gasteiger partial charge in [-0.05, 0) is 20.5 Å². The maximum atomic E-state index is 12.0. The van der Waals surface area contributed by atoms with Crippen LogP contribution in [0, 0.1) is 5.92 Å². The van der Waals surface area contributed by atoms with Gasteiger partial charge in [-0.25, -0.2) is 0 Å². The van der Waals surface area contributed by atoms with Crippen LogP contribution < -0.4 is 5.32 Å². The van der Waals surface area contributed by atoms with Crippen molar-refractivity contribution in [1.29, 1.82) is 0 Å². The van der Waals surface area contributed by atoms with Gasteiger partial charge in [-0.1, -0.05) is 6.92 Å². The van der Waals surface area contributed by atoms with Gasteiger partial charge in [-0.3, -0.25) is 4.79 Å².